The second-order valence-corrected chi connectivity index (χ2v) is 4.42. The summed E-state index contributed by atoms with van der Waals surface area (Å²) in [5.74, 6) is 1.16. The molecule has 0 N–H and O–H groups in total. The van der Waals surface area contributed by atoms with E-state index in [1.54, 1.807) is 7.11 Å². The van der Waals surface area contributed by atoms with Crippen LogP contribution in [0.3, 0.4) is 0 Å². The number of carbonyl (C=O) groups excluding carboxylic acids is 1. The summed E-state index contributed by atoms with van der Waals surface area (Å²) in [4.78, 5) is 11.3. The monoisotopic (exact) mass is 234 g/mol. The Labute approximate surface area is 102 Å². The van der Waals surface area contributed by atoms with Gasteiger partial charge in [0.2, 0.25) is 0 Å². The zero-order valence-corrected chi connectivity index (χ0v) is 10.1. The molecule has 0 saturated heterocycles. The number of ketones is 1. The molecule has 1 unspecified atom stereocenters. The highest BCUT2D eigenvalue weighted by molar-refractivity contribution is 5.79. The minimum atomic E-state index is 0.0995. The third-order valence-electron chi connectivity index (χ3n) is 3.06. The fraction of sp³-hybridized carbons (Fsp3) is 0.500. The first-order chi connectivity index (χ1) is 8.28. The molecule has 3 heteroatoms. The van der Waals surface area contributed by atoms with E-state index >= 15 is 0 Å². The van der Waals surface area contributed by atoms with Crippen LogP contribution in [-0.4, -0.2) is 19.0 Å². The van der Waals surface area contributed by atoms with Gasteiger partial charge in [-0.1, -0.05) is 12.1 Å². The van der Waals surface area contributed by atoms with Gasteiger partial charge in [0.15, 0.2) is 0 Å². The summed E-state index contributed by atoms with van der Waals surface area (Å²) in [5.41, 5.74) is 1.09. The summed E-state index contributed by atoms with van der Waals surface area (Å²) in [7, 11) is 1.65. The number of hydrogen-bond acceptors (Lipinski definition) is 3. The first-order valence-electron chi connectivity index (χ1n) is 6.04. The number of Topliss-reactive ketones (excluding diaryl/α,β-unsaturated/α-hetero) is 1. The van der Waals surface area contributed by atoms with Crippen molar-refractivity contribution in [2.45, 2.75) is 38.4 Å². The van der Waals surface area contributed by atoms with Crippen LogP contribution in [0.25, 0.3) is 0 Å². The summed E-state index contributed by atoms with van der Waals surface area (Å²) in [5, 5.41) is 0. The maximum absolute atomic E-state index is 11.3. The molecule has 1 aliphatic carbocycles. The Morgan fingerprint density at radius 3 is 3.06 bits per heavy atom. The molecule has 1 atom stereocenters. The Morgan fingerprint density at radius 1 is 1.41 bits per heavy atom. The van der Waals surface area contributed by atoms with Gasteiger partial charge in [0.25, 0.3) is 0 Å². The second-order valence-electron chi connectivity index (χ2n) is 4.42. The molecular formula is C14H18O3. The van der Waals surface area contributed by atoms with Crippen molar-refractivity contribution < 1.29 is 14.3 Å². The number of rotatable bonds is 4. The standard InChI is InChI=1S/C14H18O3/c1-16-13-6-2-4-11(8-13)10-17-14-7-3-5-12(15)9-14/h2,4,6,8,14H,3,5,7,9-10H2,1H3. The first-order valence-corrected chi connectivity index (χ1v) is 6.04. The van der Waals surface area contributed by atoms with Crippen LogP contribution in [0, 0.1) is 0 Å². The maximum Gasteiger partial charge on any atom is 0.135 e. The van der Waals surface area contributed by atoms with E-state index in [1.165, 1.54) is 0 Å². The Kier molecular flexibility index (Phi) is 4.15. The Bertz CT molecular complexity index is 387. The lowest BCUT2D eigenvalue weighted by Crippen LogP contribution is -2.22. The van der Waals surface area contributed by atoms with Crippen molar-refractivity contribution in [2.24, 2.45) is 0 Å². The van der Waals surface area contributed by atoms with Crippen LogP contribution < -0.4 is 4.74 Å². The van der Waals surface area contributed by atoms with Crippen LogP contribution in [0.4, 0.5) is 0 Å². The topological polar surface area (TPSA) is 35.5 Å². The highest BCUT2D eigenvalue weighted by Crippen LogP contribution is 2.20. The second kappa shape index (κ2) is 5.82. The minimum Gasteiger partial charge on any atom is -0.497 e. The minimum absolute atomic E-state index is 0.0995. The molecule has 17 heavy (non-hydrogen) atoms. The zero-order chi connectivity index (χ0) is 12.1. The summed E-state index contributed by atoms with van der Waals surface area (Å²) in [6, 6.07) is 7.83. The van der Waals surface area contributed by atoms with Crippen molar-refractivity contribution in [3.05, 3.63) is 29.8 Å². The molecule has 1 aromatic rings. The number of carbonyl (C=O) groups is 1. The van der Waals surface area contributed by atoms with E-state index < -0.39 is 0 Å². The van der Waals surface area contributed by atoms with Crippen molar-refractivity contribution >= 4 is 5.78 Å². The smallest absolute Gasteiger partial charge is 0.135 e. The van der Waals surface area contributed by atoms with Crippen LogP contribution in [-0.2, 0) is 16.1 Å². The van der Waals surface area contributed by atoms with Gasteiger partial charge in [-0.05, 0) is 30.5 Å². The molecule has 0 heterocycles. The fourth-order valence-electron chi connectivity index (χ4n) is 2.10. The van der Waals surface area contributed by atoms with E-state index in [1.807, 2.05) is 24.3 Å². The van der Waals surface area contributed by atoms with Gasteiger partial charge in [-0.25, -0.2) is 0 Å². The van der Waals surface area contributed by atoms with Crippen LogP contribution >= 0.6 is 0 Å². The Morgan fingerprint density at radius 2 is 2.29 bits per heavy atom. The van der Waals surface area contributed by atoms with E-state index in [-0.39, 0.29) is 6.10 Å². The normalized spacial score (nSPS) is 20.3. The van der Waals surface area contributed by atoms with Crippen molar-refractivity contribution in [1.82, 2.24) is 0 Å². The first kappa shape index (κ1) is 12.1. The van der Waals surface area contributed by atoms with Crippen molar-refractivity contribution in [3.63, 3.8) is 0 Å². The molecule has 0 spiro atoms. The lowest BCUT2D eigenvalue weighted by molar-refractivity contribution is -0.124. The molecule has 0 bridgehead atoms. The lowest BCUT2D eigenvalue weighted by Gasteiger charge is -2.21. The number of hydrogen-bond donors (Lipinski definition) is 0. The van der Waals surface area contributed by atoms with E-state index in [0.717, 1.165) is 30.6 Å². The molecule has 1 saturated carbocycles. The summed E-state index contributed by atoms with van der Waals surface area (Å²) < 4.78 is 10.9. The number of methoxy groups -OCH3 is 1. The van der Waals surface area contributed by atoms with Gasteiger partial charge >= 0.3 is 0 Å². The summed E-state index contributed by atoms with van der Waals surface area (Å²) in [6.07, 6.45) is 3.35. The molecule has 0 aliphatic heterocycles. The number of benzene rings is 1. The largest absolute Gasteiger partial charge is 0.497 e. The van der Waals surface area contributed by atoms with Crippen LogP contribution in [0.5, 0.6) is 5.75 Å². The van der Waals surface area contributed by atoms with Gasteiger partial charge in [-0.2, -0.15) is 0 Å². The highest BCUT2D eigenvalue weighted by Gasteiger charge is 2.19. The highest BCUT2D eigenvalue weighted by atomic mass is 16.5. The molecule has 92 valence electrons. The van der Waals surface area contributed by atoms with Gasteiger partial charge in [-0.15, -0.1) is 0 Å². The van der Waals surface area contributed by atoms with Gasteiger partial charge < -0.3 is 9.47 Å². The van der Waals surface area contributed by atoms with E-state index in [9.17, 15) is 4.79 Å². The van der Waals surface area contributed by atoms with E-state index in [4.69, 9.17) is 9.47 Å². The average Bonchev–Trinajstić information content (AvgIpc) is 2.37. The Balaban J connectivity index is 1.86. The molecule has 1 aromatic carbocycles. The SMILES string of the molecule is COc1cccc(COC2CCCC(=O)C2)c1. The average molecular weight is 234 g/mol. The summed E-state index contributed by atoms with van der Waals surface area (Å²) in [6.45, 7) is 0.551. The number of ether oxygens (including phenoxy) is 2. The molecule has 0 radical (unpaired) electrons. The van der Waals surface area contributed by atoms with Gasteiger partial charge in [-0.3, -0.25) is 4.79 Å². The van der Waals surface area contributed by atoms with Crippen molar-refractivity contribution in [1.29, 1.82) is 0 Å². The molecule has 3 nitrogen and oxygen atoms in total. The fourth-order valence-corrected chi connectivity index (χ4v) is 2.10. The van der Waals surface area contributed by atoms with E-state index in [2.05, 4.69) is 0 Å². The molecule has 1 fully saturated rings. The predicted molar refractivity (Wildman–Crippen MR) is 65.0 cm³/mol. The molecule has 0 aromatic heterocycles. The third-order valence-corrected chi connectivity index (χ3v) is 3.06. The van der Waals surface area contributed by atoms with E-state index in [0.29, 0.717) is 18.8 Å². The van der Waals surface area contributed by atoms with Gasteiger partial charge in [0, 0.05) is 12.8 Å². The predicted octanol–water partition coefficient (Wildman–Crippen LogP) is 2.72. The maximum atomic E-state index is 11.3. The molecule has 2 rings (SSSR count). The van der Waals surface area contributed by atoms with Crippen LogP contribution in [0.15, 0.2) is 24.3 Å². The molecular weight excluding hydrogens is 216 g/mol. The third kappa shape index (κ3) is 3.56. The van der Waals surface area contributed by atoms with Gasteiger partial charge in [0.1, 0.15) is 11.5 Å². The van der Waals surface area contributed by atoms with Crippen molar-refractivity contribution in [2.75, 3.05) is 7.11 Å². The van der Waals surface area contributed by atoms with Crippen LogP contribution in [0.2, 0.25) is 0 Å². The van der Waals surface area contributed by atoms with Crippen LogP contribution in [0.1, 0.15) is 31.2 Å². The zero-order valence-electron chi connectivity index (χ0n) is 10.1. The lowest BCUT2D eigenvalue weighted by atomic mass is 9.96. The quantitative estimate of drug-likeness (QED) is 0.803. The van der Waals surface area contributed by atoms with Gasteiger partial charge in [0.05, 0.1) is 19.8 Å². The summed E-state index contributed by atoms with van der Waals surface area (Å²) >= 11 is 0. The van der Waals surface area contributed by atoms with Crippen molar-refractivity contribution in [3.8, 4) is 5.75 Å². The Hall–Kier alpha value is -1.35. The molecule has 0 amide bonds. The molecule has 1 aliphatic rings.